The lowest BCUT2D eigenvalue weighted by molar-refractivity contribution is 0.395. The first-order chi connectivity index (χ1) is 11.6. The Balaban J connectivity index is 1.89. The predicted molar refractivity (Wildman–Crippen MR) is 99.9 cm³/mol. The van der Waals surface area contributed by atoms with Gasteiger partial charge in [0, 0.05) is 22.7 Å². The molecule has 0 radical (unpaired) electrons. The minimum absolute atomic E-state index is 0.748. The van der Waals surface area contributed by atoms with Crippen LogP contribution in [-0.4, -0.2) is 19.2 Å². The highest BCUT2D eigenvalue weighted by atomic mass is 32.1. The van der Waals surface area contributed by atoms with Crippen LogP contribution in [-0.2, 0) is 0 Å². The van der Waals surface area contributed by atoms with Crippen molar-refractivity contribution in [2.75, 3.05) is 19.5 Å². The molecule has 1 aromatic heterocycles. The molecule has 4 nitrogen and oxygen atoms in total. The van der Waals surface area contributed by atoms with Gasteiger partial charge in [-0.25, -0.2) is 4.98 Å². The van der Waals surface area contributed by atoms with E-state index in [0.29, 0.717) is 0 Å². The third-order valence-corrected chi connectivity index (χ3v) is 4.58. The van der Waals surface area contributed by atoms with Gasteiger partial charge in [-0.2, -0.15) is 0 Å². The molecule has 0 spiro atoms. The maximum Gasteiger partial charge on any atom is 0.187 e. The van der Waals surface area contributed by atoms with Crippen molar-refractivity contribution in [2.24, 2.45) is 0 Å². The summed E-state index contributed by atoms with van der Waals surface area (Å²) in [5.74, 6) is 1.51. The van der Waals surface area contributed by atoms with Crippen LogP contribution in [0.3, 0.4) is 0 Å². The maximum absolute atomic E-state index is 5.47. The van der Waals surface area contributed by atoms with Crippen LogP contribution < -0.4 is 14.8 Å². The molecule has 0 bridgehead atoms. The monoisotopic (exact) mass is 340 g/mol. The van der Waals surface area contributed by atoms with E-state index in [1.165, 1.54) is 11.1 Å². The second kappa shape index (κ2) is 6.93. The van der Waals surface area contributed by atoms with Crippen LogP contribution in [0, 0.1) is 13.8 Å². The Morgan fingerprint density at radius 2 is 1.83 bits per heavy atom. The largest absolute Gasteiger partial charge is 0.497 e. The first-order valence-electron chi connectivity index (χ1n) is 7.63. The van der Waals surface area contributed by atoms with E-state index >= 15 is 0 Å². The molecule has 1 heterocycles. The zero-order valence-electron chi connectivity index (χ0n) is 14.2. The number of nitrogens with zero attached hydrogens (tertiary/aromatic N) is 1. The fraction of sp³-hybridized carbons (Fsp3) is 0.211. The van der Waals surface area contributed by atoms with Gasteiger partial charge in [-0.05, 0) is 43.2 Å². The third kappa shape index (κ3) is 3.36. The Morgan fingerprint density at radius 3 is 2.58 bits per heavy atom. The molecular weight excluding hydrogens is 320 g/mol. The Bertz CT molecular complexity index is 858. The van der Waals surface area contributed by atoms with Crippen molar-refractivity contribution in [3.8, 4) is 22.8 Å². The zero-order valence-corrected chi connectivity index (χ0v) is 15.0. The van der Waals surface area contributed by atoms with Gasteiger partial charge in [-0.1, -0.05) is 12.1 Å². The van der Waals surface area contributed by atoms with Gasteiger partial charge in [0.15, 0.2) is 5.13 Å². The second-order valence-corrected chi connectivity index (χ2v) is 6.41. The molecular formula is C19H20N2O2S. The van der Waals surface area contributed by atoms with Gasteiger partial charge in [0.25, 0.3) is 0 Å². The molecule has 0 amide bonds. The normalized spacial score (nSPS) is 10.5. The number of thiazole rings is 1. The second-order valence-electron chi connectivity index (χ2n) is 5.55. The van der Waals surface area contributed by atoms with Crippen molar-refractivity contribution in [1.29, 1.82) is 0 Å². The van der Waals surface area contributed by atoms with Crippen LogP contribution in [0.2, 0.25) is 0 Å². The van der Waals surface area contributed by atoms with Crippen LogP contribution in [0.4, 0.5) is 10.8 Å². The predicted octanol–water partition coefficient (Wildman–Crippen LogP) is 5.19. The standard InChI is InChI=1S/C19H20N2O2S/c1-12-5-6-13(2)16(9-12)20-19-21-17(11-24-19)15-8-7-14(22-3)10-18(15)23-4/h5-11H,1-4H3,(H,20,21). The summed E-state index contributed by atoms with van der Waals surface area (Å²) in [4.78, 5) is 4.70. The molecule has 0 saturated heterocycles. The summed E-state index contributed by atoms with van der Waals surface area (Å²) in [6.45, 7) is 4.17. The van der Waals surface area contributed by atoms with Crippen molar-refractivity contribution < 1.29 is 9.47 Å². The Kier molecular flexibility index (Phi) is 4.71. The summed E-state index contributed by atoms with van der Waals surface area (Å²) in [6, 6.07) is 12.1. The van der Waals surface area contributed by atoms with Crippen molar-refractivity contribution in [1.82, 2.24) is 4.98 Å². The van der Waals surface area contributed by atoms with Crippen molar-refractivity contribution in [3.05, 3.63) is 52.9 Å². The Hall–Kier alpha value is -2.53. The number of nitrogens with one attached hydrogen (secondary N) is 1. The van der Waals surface area contributed by atoms with Crippen molar-refractivity contribution >= 4 is 22.2 Å². The molecule has 3 rings (SSSR count). The number of aromatic nitrogens is 1. The minimum atomic E-state index is 0.748. The van der Waals surface area contributed by atoms with Crippen LogP contribution >= 0.6 is 11.3 Å². The molecule has 3 aromatic rings. The van der Waals surface area contributed by atoms with Crippen LogP contribution in [0.1, 0.15) is 11.1 Å². The van der Waals surface area contributed by atoms with E-state index in [2.05, 4.69) is 37.4 Å². The summed E-state index contributed by atoms with van der Waals surface area (Å²) >= 11 is 1.57. The molecule has 2 aromatic carbocycles. The molecule has 0 unspecified atom stereocenters. The van der Waals surface area contributed by atoms with E-state index in [1.54, 1.807) is 25.6 Å². The molecule has 0 saturated carbocycles. The minimum Gasteiger partial charge on any atom is -0.497 e. The molecule has 124 valence electrons. The third-order valence-electron chi connectivity index (χ3n) is 3.82. The van der Waals surface area contributed by atoms with Crippen LogP contribution in [0.15, 0.2) is 41.8 Å². The van der Waals surface area contributed by atoms with Crippen LogP contribution in [0.25, 0.3) is 11.3 Å². The lowest BCUT2D eigenvalue weighted by atomic mass is 10.1. The van der Waals surface area contributed by atoms with E-state index in [9.17, 15) is 0 Å². The van der Waals surface area contributed by atoms with Gasteiger partial charge in [0.2, 0.25) is 0 Å². The smallest absolute Gasteiger partial charge is 0.187 e. The van der Waals surface area contributed by atoms with E-state index in [1.807, 2.05) is 23.6 Å². The molecule has 0 atom stereocenters. The molecule has 5 heteroatoms. The van der Waals surface area contributed by atoms with Gasteiger partial charge in [0.1, 0.15) is 11.5 Å². The SMILES string of the molecule is COc1ccc(-c2csc(Nc3cc(C)ccc3C)n2)c(OC)c1. The molecule has 0 fully saturated rings. The van der Waals surface area contributed by atoms with Crippen molar-refractivity contribution in [3.63, 3.8) is 0 Å². The number of aryl methyl sites for hydroxylation is 2. The lowest BCUT2D eigenvalue weighted by Gasteiger charge is -2.09. The topological polar surface area (TPSA) is 43.4 Å². The van der Waals surface area contributed by atoms with E-state index in [-0.39, 0.29) is 0 Å². The van der Waals surface area contributed by atoms with E-state index in [0.717, 1.165) is 33.6 Å². The number of methoxy groups -OCH3 is 2. The number of benzene rings is 2. The highest BCUT2D eigenvalue weighted by molar-refractivity contribution is 7.14. The number of hydrogen-bond acceptors (Lipinski definition) is 5. The van der Waals surface area contributed by atoms with Gasteiger partial charge in [-0.15, -0.1) is 11.3 Å². The van der Waals surface area contributed by atoms with E-state index < -0.39 is 0 Å². The summed E-state index contributed by atoms with van der Waals surface area (Å²) in [5, 5.41) is 6.29. The van der Waals surface area contributed by atoms with Crippen LogP contribution in [0.5, 0.6) is 11.5 Å². The summed E-state index contributed by atoms with van der Waals surface area (Å²) in [7, 11) is 3.30. The Labute approximate surface area is 146 Å². The summed E-state index contributed by atoms with van der Waals surface area (Å²) in [6.07, 6.45) is 0. The van der Waals surface area contributed by atoms with Gasteiger partial charge in [-0.3, -0.25) is 0 Å². The zero-order chi connectivity index (χ0) is 17.1. The fourth-order valence-electron chi connectivity index (χ4n) is 2.45. The molecule has 0 aliphatic heterocycles. The quantitative estimate of drug-likeness (QED) is 0.694. The number of ether oxygens (including phenoxy) is 2. The molecule has 1 N–H and O–H groups in total. The highest BCUT2D eigenvalue weighted by Crippen LogP contribution is 2.35. The van der Waals surface area contributed by atoms with Crippen molar-refractivity contribution in [2.45, 2.75) is 13.8 Å². The summed E-state index contributed by atoms with van der Waals surface area (Å²) in [5.41, 5.74) is 5.32. The average molecular weight is 340 g/mol. The molecule has 0 aliphatic rings. The first-order valence-corrected chi connectivity index (χ1v) is 8.51. The summed E-state index contributed by atoms with van der Waals surface area (Å²) < 4.78 is 10.7. The van der Waals surface area contributed by atoms with Gasteiger partial charge < -0.3 is 14.8 Å². The van der Waals surface area contributed by atoms with E-state index in [4.69, 9.17) is 14.5 Å². The lowest BCUT2D eigenvalue weighted by Crippen LogP contribution is -1.94. The maximum atomic E-state index is 5.47. The Morgan fingerprint density at radius 1 is 1.00 bits per heavy atom. The van der Waals surface area contributed by atoms with Gasteiger partial charge in [0.05, 0.1) is 19.9 Å². The first kappa shape index (κ1) is 16.3. The number of hydrogen-bond donors (Lipinski definition) is 1. The average Bonchev–Trinajstić information content (AvgIpc) is 3.05. The number of rotatable bonds is 5. The molecule has 0 aliphatic carbocycles. The molecule has 24 heavy (non-hydrogen) atoms. The number of anilines is 2. The fourth-order valence-corrected chi connectivity index (χ4v) is 3.17. The van der Waals surface area contributed by atoms with Gasteiger partial charge >= 0.3 is 0 Å². The highest BCUT2D eigenvalue weighted by Gasteiger charge is 2.12.